The molecule has 0 N–H and O–H groups in total. The van der Waals surface area contributed by atoms with Gasteiger partial charge in [-0.25, -0.2) is 0 Å². The Hall–Kier alpha value is 0. The fourth-order valence-corrected chi connectivity index (χ4v) is 2.01. The van der Waals surface area contributed by atoms with Gasteiger partial charge in [-0.2, -0.15) is 0 Å². The van der Waals surface area contributed by atoms with Crippen LogP contribution in [-0.2, 0) is 0 Å². The van der Waals surface area contributed by atoms with Crippen molar-refractivity contribution in [3.8, 4) is 0 Å². The van der Waals surface area contributed by atoms with E-state index < -0.39 is 0 Å². The van der Waals surface area contributed by atoms with Gasteiger partial charge in [-0.1, -0.05) is 40.0 Å². The molecule has 0 heterocycles. The molecule has 0 aromatic rings. The molecule has 0 aromatic heterocycles. The molecule has 0 bridgehead atoms. The maximum absolute atomic E-state index is 2.39. The lowest BCUT2D eigenvalue weighted by Crippen LogP contribution is -1.94. The Morgan fingerprint density at radius 3 is 2.55 bits per heavy atom. The lowest BCUT2D eigenvalue weighted by atomic mass is 10.0. The molecule has 1 saturated carbocycles. The summed E-state index contributed by atoms with van der Waals surface area (Å²) < 4.78 is 0. The van der Waals surface area contributed by atoms with Gasteiger partial charge in [0, 0.05) is 0 Å². The maximum atomic E-state index is 2.39. The molecule has 0 aliphatic heterocycles. The predicted octanol–water partition coefficient (Wildman–Crippen LogP) is 3.86. The highest BCUT2D eigenvalue weighted by molar-refractivity contribution is 4.86. The molecular weight excluding hydrogens is 132 g/mol. The van der Waals surface area contributed by atoms with Crippen LogP contribution in [-0.4, -0.2) is 0 Å². The SMILES string of the molecule is CCCC1CC1CC(C)CC. The summed E-state index contributed by atoms with van der Waals surface area (Å²) in [6.07, 6.45) is 7.29. The van der Waals surface area contributed by atoms with E-state index in [0.717, 1.165) is 17.8 Å². The van der Waals surface area contributed by atoms with Gasteiger partial charge in [-0.3, -0.25) is 0 Å². The third-order valence-corrected chi connectivity index (χ3v) is 3.13. The first kappa shape index (κ1) is 9.09. The van der Waals surface area contributed by atoms with Gasteiger partial charge >= 0.3 is 0 Å². The molecule has 0 heteroatoms. The molecule has 11 heavy (non-hydrogen) atoms. The average Bonchev–Trinajstić information content (AvgIpc) is 2.69. The molecular formula is C11H22. The zero-order valence-electron chi connectivity index (χ0n) is 8.27. The summed E-state index contributed by atoms with van der Waals surface area (Å²) in [5.41, 5.74) is 0. The Morgan fingerprint density at radius 2 is 2.00 bits per heavy atom. The van der Waals surface area contributed by atoms with Crippen LogP contribution in [0.15, 0.2) is 0 Å². The van der Waals surface area contributed by atoms with Gasteiger partial charge in [0.15, 0.2) is 0 Å². The van der Waals surface area contributed by atoms with Gasteiger partial charge in [0.05, 0.1) is 0 Å². The van der Waals surface area contributed by atoms with Crippen LogP contribution in [0, 0.1) is 17.8 Å². The summed E-state index contributed by atoms with van der Waals surface area (Å²) in [6.45, 7) is 7.00. The van der Waals surface area contributed by atoms with Gasteiger partial charge in [0.25, 0.3) is 0 Å². The van der Waals surface area contributed by atoms with Crippen molar-refractivity contribution in [2.24, 2.45) is 17.8 Å². The second kappa shape index (κ2) is 4.13. The zero-order chi connectivity index (χ0) is 8.27. The number of hydrogen-bond acceptors (Lipinski definition) is 0. The van der Waals surface area contributed by atoms with E-state index >= 15 is 0 Å². The van der Waals surface area contributed by atoms with Crippen molar-refractivity contribution in [2.75, 3.05) is 0 Å². The van der Waals surface area contributed by atoms with Crippen molar-refractivity contribution in [3.63, 3.8) is 0 Å². The Bertz CT molecular complexity index is 107. The van der Waals surface area contributed by atoms with Crippen LogP contribution in [0.5, 0.6) is 0 Å². The molecule has 1 aliphatic rings. The fraction of sp³-hybridized carbons (Fsp3) is 1.00. The summed E-state index contributed by atoms with van der Waals surface area (Å²) in [4.78, 5) is 0. The molecule has 3 unspecified atom stereocenters. The van der Waals surface area contributed by atoms with E-state index in [4.69, 9.17) is 0 Å². The van der Waals surface area contributed by atoms with Crippen molar-refractivity contribution >= 4 is 0 Å². The average molecular weight is 154 g/mol. The first-order valence-corrected chi connectivity index (χ1v) is 5.27. The molecule has 66 valence electrons. The van der Waals surface area contributed by atoms with Crippen LogP contribution in [0.2, 0.25) is 0 Å². The highest BCUT2D eigenvalue weighted by atomic mass is 14.4. The lowest BCUT2D eigenvalue weighted by Gasteiger charge is -2.06. The quantitative estimate of drug-likeness (QED) is 0.564. The lowest BCUT2D eigenvalue weighted by molar-refractivity contribution is 0.457. The van der Waals surface area contributed by atoms with Crippen molar-refractivity contribution in [2.45, 2.75) is 52.9 Å². The molecule has 0 nitrogen and oxygen atoms in total. The number of rotatable bonds is 5. The molecule has 0 saturated heterocycles. The van der Waals surface area contributed by atoms with Gasteiger partial charge in [0.2, 0.25) is 0 Å². The van der Waals surface area contributed by atoms with Crippen molar-refractivity contribution < 1.29 is 0 Å². The van der Waals surface area contributed by atoms with Crippen molar-refractivity contribution in [1.29, 1.82) is 0 Å². The van der Waals surface area contributed by atoms with Crippen LogP contribution in [0.4, 0.5) is 0 Å². The van der Waals surface area contributed by atoms with E-state index in [2.05, 4.69) is 20.8 Å². The number of hydrogen-bond donors (Lipinski definition) is 0. The Labute approximate surface area is 71.4 Å². The van der Waals surface area contributed by atoms with Crippen LogP contribution in [0.3, 0.4) is 0 Å². The van der Waals surface area contributed by atoms with Gasteiger partial charge in [-0.15, -0.1) is 0 Å². The van der Waals surface area contributed by atoms with Crippen LogP contribution >= 0.6 is 0 Å². The Morgan fingerprint density at radius 1 is 1.27 bits per heavy atom. The smallest absolute Gasteiger partial charge is 0.0380 e. The van der Waals surface area contributed by atoms with Crippen molar-refractivity contribution in [1.82, 2.24) is 0 Å². The molecule has 0 aromatic carbocycles. The third kappa shape index (κ3) is 2.84. The third-order valence-electron chi connectivity index (χ3n) is 3.13. The highest BCUT2D eigenvalue weighted by Crippen LogP contribution is 2.46. The second-order valence-electron chi connectivity index (χ2n) is 4.29. The normalized spacial score (nSPS) is 31.9. The molecule has 0 spiro atoms. The van der Waals surface area contributed by atoms with E-state index in [-0.39, 0.29) is 0 Å². The minimum Gasteiger partial charge on any atom is -0.0654 e. The van der Waals surface area contributed by atoms with Crippen LogP contribution in [0.25, 0.3) is 0 Å². The first-order valence-electron chi connectivity index (χ1n) is 5.27. The van der Waals surface area contributed by atoms with E-state index in [0.29, 0.717) is 0 Å². The minimum absolute atomic E-state index is 0.974. The first-order chi connectivity index (χ1) is 5.27. The summed E-state index contributed by atoms with van der Waals surface area (Å²) in [7, 11) is 0. The molecule has 1 aliphatic carbocycles. The molecule has 0 amide bonds. The van der Waals surface area contributed by atoms with Gasteiger partial charge < -0.3 is 0 Å². The highest BCUT2D eigenvalue weighted by Gasteiger charge is 2.35. The van der Waals surface area contributed by atoms with Crippen molar-refractivity contribution in [3.05, 3.63) is 0 Å². The van der Waals surface area contributed by atoms with Gasteiger partial charge in [-0.05, 0) is 30.6 Å². The summed E-state index contributed by atoms with van der Waals surface area (Å²) in [5.74, 6) is 3.21. The Kier molecular flexibility index (Phi) is 3.42. The second-order valence-corrected chi connectivity index (χ2v) is 4.29. The van der Waals surface area contributed by atoms with Crippen LogP contribution in [0.1, 0.15) is 52.9 Å². The minimum atomic E-state index is 0.974. The molecule has 1 fully saturated rings. The zero-order valence-corrected chi connectivity index (χ0v) is 8.27. The van der Waals surface area contributed by atoms with Gasteiger partial charge in [0.1, 0.15) is 0 Å². The summed E-state index contributed by atoms with van der Waals surface area (Å²) in [5, 5.41) is 0. The topological polar surface area (TPSA) is 0 Å². The molecule has 0 radical (unpaired) electrons. The predicted molar refractivity (Wildman–Crippen MR) is 50.6 cm³/mol. The van der Waals surface area contributed by atoms with E-state index in [9.17, 15) is 0 Å². The Balaban J connectivity index is 2.03. The fourth-order valence-electron chi connectivity index (χ4n) is 2.01. The van der Waals surface area contributed by atoms with Crippen LogP contribution < -0.4 is 0 Å². The monoisotopic (exact) mass is 154 g/mol. The largest absolute Gasteiger partial charge is 0.0654 e. The summed E-state index contributed by atoms with van der Waals surface area (Å²) in [6, 6.07) is 0. The summed E-state index contributed by atoms with van der Waals surface area (Å²) >= 11 is 0. The molecule has 1 rings (SSSR count). The van der Waals surface area contributed by atoms with E-state index in [1.165, 1.54) is 32.1 Å². The molecule has 3 atom stereocenters. The maximum Gasteiger partial charge on any atom is -0.0380 e. The standard InChI is InChI=1S/C11H22/c1-4-6-10-8-11(10)7-9(3)5-2/h9-11H,4-8H2,1-3H3. The van der Waals surface area contributed by atoms with E-state index in [1.807, 2.05) is 0 Å². The van der Waals surface area contributed by atoms with E-state index in [1.54, 1.807) is 0 Å².